The molecular weight excluding hydrogens is 276 g/mol. The summed E-state index contributed by atoms with van der Waals surface area (Å²) in [4.78, 5) is 22.5. The molecule has 0 bridgehead atoms. The number of benzene rings is 1. The second-order valence-corrected chi connectivity index (χ2v) is 4.01. The third kappa shape index (κ3) is 4.52. The van der Waals surface area contributed by atoms with Crippen LogP contribution in [0.2, 0.25) is 0 Å². The van der Waals surface area contributed by atoms with Gasteiger partial charge in [0.05, 0.1) is 28.4 Å². The number of hydrogen-bond acceptors (Lipinski definition) is 6. The van der Waals surface area contributed by atoms with Crippen LogP contribution in [0, 0.1) is 0 Å². The predicted octanol–water partition coefficient (Wildman–Crippen LogP) is 1.86. The molecule has 0 amide bonds. The van der Waals surface area contributed by atoms with E-state index in [1.54, 1.807) is 18.2 Å². The second kappa shape index (κ2) is 7.94. The Morgan fingerprint density at radius 1 is 1.00 bits per heavy atom. The van der Waals surface area contributed by atoms with Crippen LogP contribution < -0.4 is 14.2 Å². The van der Waals surface area contributed by atoms with Crippen LogP contribution in [0.25, 0.3) is 6.08 Å². The van der Waals surface area contributed by atoms with E-state index >= 15 is 0 Å². The van der Waals surface area contributed by atoms with E-state index in [2.05, 4.69) is 4.74 Å². The van der Waals surface area contributed by atoms with Crippen molar-refractivity contribution in [3.05, 3.63) is 23.8 Å². The zero-order chi connectivity index (χ0) is 15.8. The molecule has 0 saturated heterocycles. The Balaban J connectivity index is 2.98. The maximum atomic E-state index is 11.5. The fraction of sp³-hybridized carbons (Fsp3) is 0.333. The van der Waals surface area contributed by atoms with Crippen molar-refractivity contribution in [2.45, 2.75) is 6.42 Å². The smallest absolute Gasteiger partial charge is 0.313 e. The van der Waals surface area contributed by atoms with Gasteiger partial charge in [0, 0.05) is 0 Å². The minimum atomic E-state index is -0.574. The highest BCUT2D eigenvalue weighted by molar-refractivity contribution is 6.03. The Morgan fingerprint density at radius 3 is 2.00 bits per heavy atom. The highest BCUT2D eigenvalue weighted by Crippen LogP contribution is 2.38. The highest BCUT2D eigenvalue weighted by Gasteiger charge is 2.12. The van der Waals surface area contributed by atoms with Crippen LogP contribution in [0.4, 0.5) is 0 Å². The lowest BCUT2D eigenvalue weighted by Gasteiger charge is -2.12. The van der Waals surface area contributed by atoms with Gasteiger partial charge in [-0.15, -0.1) is 0 Å². The number of carbonyl (C=O) groups is 2. The first-order valence-electron chi connectivity index (χ1n) is 6.13. The van der Waals surface area contributed by atoms with E-state index in [4.69, 9.17) is 14.2 Å². The van der Waals surface area contributed by atoms with Crippen molar-refractivity contribution in [1.29, 1.82) is 0 Å². The van der Waals surface area contributed by atoms with Gasteiger partial charge < -0.3 is 18.9 Å². The van der Waals surface area contributed by atoms with E-state index in [-0.39, 0.29) is 12.2 Å². The van der Waals surface area contributed by atoms with Gasteiger partial charge in [-0.1, -0.05) is 6.08 Å². The van der Waals surface area contributed by atoms with Gasteiger partial charge in [0.2, 0.25) is 5.75 Å². The molecule has 0 spiro atoms. The minimum absolute atomic E-state index is 0.294. The van der Waals surface area contributed by atoms with Crippen molar-refractivity contribution in [2.75, 3.05) is 28.4 Å². The Hall–Kier alpha value is -2.50. The summed E-state index contributed by atoms with van der Waals surface area (Å²) in [5.74, 6) is 0.511. The molecule has 0 unspecified atom stereocenters. The molecule has 0 radical (unpaired) electrons. The summed E-state index contributed by atoms with van der Waals surface area (Å²) in [5, 5.41) is 0. The lowest BCUT2D eigenvalue weighted by molar-refractivity contribution is -0.142. The molecule has 114 valence electrons. The van der Waals surface area contributed by atoms with Crippen LogP contribution in [0.5, 0.6) is 17.2 Å². The molecule has 0 aliphatic rings. The molecule has 0 atom stereocenters. The third-order valence-corrected chi connectivity index (χ3v) is 2.69. The number of allylic oxidation sites excluding steroid dienone is 1. The zero-order valence-electron chi connectivity index (χ0n) is 12.5. The van der Waals surface area contributed by atoms with Crippen molar-refractivity contribution >= 4 is 17.8 Å². The summed E-state index contributed by atoms with van der Waals surface area (Å²) in [6.07, 6.45) is 2.57. The van der Waals surface area contributed by atoms with Gasteiger partial charge in [-0.2, -0.15) is 0 Å². The first-order valence-corrected chi connectivity index (χ1v) is 6.13. The van der Waals surface area contributed by atoms with E-state index in [0.29, 0.717) is 22.8 Å². The van der Waals surface area contributed by atoms with Crippen LogP contribution in [-0.4, -0.2) is 40.2 Å². The molecule has 0 aliphatic heterocycles. The number of ketones is 1. The summed E-state index contributed by atoms with van der Waals surface area (Å²) < 4.78 is 20.1. The standard InChI is InChI=1S/C15H18O6/c1-18-12-7-10(8-13(19-2)15(12)21-4)5-6-11(16)9-14(17)20-3/h5-8H,9H2,1-4H3. The van der Waals surface area contributed by atoms with Crippen molar-refractivity contribution in [1.82, 2.24) is 0 Å². The number of carbonyl (C=O) groups excluding carboxylic acids is 2. The van der Waals surface area contributed by atoms with Gasteiger partial charge in [0.1, 0.15) is 6.42 Å². The third-order valence-electron chi connectivity index (χ3n) is 2.69. The van der Waals surface area contributed by atoms with Gasteiger partial charge in [0.25, 0.3) is 0 Å². The van der Waals surface area contributed by atoms with Gasteiger partial charge >= 0.3 is 5.97 Å². The van der Waals surface area contributed by atoms with Crippen LogP contribution in [0.3, 0.4) is 0 Å². The summed E-state index contributed by atoms with van der Waals surface area (Å²) in [7, 11) is 5.76. The largest absolute Gasteiger partial charge is 0.493 e. The van der Waals surface area contributed by atoms with Gasteiger partial charge in [-0.3, -0.25) is 9.59 Å². The summed E-state index contributed by atoms with van der Waals surface area (Å²) in [5.41, 5.74) is 0.683. The molecule has 6 nitrogen and oxygen atoms in total. The van der Waals surface area contributed by atoms with Crippen molar-refractivity contribution in [2.24, 2.45) is 0 Å². The molecule has 0 heterocycles. The molecule has 0 aliphatic carbocycles. The quantitative estimate of drug-likeness (QED) is 0.434. The average Bonchev–Trinajstić information content (AvgIpc) is 2.51. The fourth-order valence-electron chi connectivity index (χ4n) is 1.66. The van der Waals surface area contributed by atoms with Gasteiger partial charge in [-0.05, 0) is 23.8 Å². The van der Waals surface area contributed by atoms with E-state index in [0.717, 1.165) is 0 Å². The first kappa shape index (κ1) is 16.6. The maximum absolute atomic E-state index is 11.5. The first-order chi connectivity index (χ1) is 10.0. The molecule has 6 heteroatoms. The van der Waals surface area contributed by atoms with E-state index in [9.17, 15) is 9.59 Å². The Bertz CT molecular complexity index is 522. The normalized spacial score (nSPS) is 10.3. The zero-order valence-corrected chi connectivity index (χ0v) is 12.5. The van der Waals surface area contributed by atoms with Crippen molar-refractivity contribution < 1.29 is 28.5 Å². The van der Waals surface area contributed by atoms with E-state index < -0.39 is 5.97 Å². The monoisotopic (exact) mass is 294 g/mol. The van der Waals surface area contributed by atoms with Crippen LogP contribution in [0.1, 0.15) is 12.0 Å². The number of methoxy groups -OCH3 is 4. The molecule has 1 aromatic rings. The van der Waals surface area contributed by atoms with Crippen molar-refractivity contribution in [3.8, 4) is 17.2 Å². The topological polar surface area (TPSA) is 71.1 Å². The van der Waals surface area contributed by atoms with Crippen LogP contribution >= 0.6 is 0 Å². The SMILES string of the molecule is COC(=O)CC(=O)C=Cc1cc(OC)c(OC)c(OC)c1. The number of hydrogen-bond donors (Lipinski definition) is 0. The molecular formula is C15H18O6. The summed E-state index contributed by atoms with van der Waals surface area (Å²) in [6.45, 7) is 0. The molecule has 0 fully saturated rings. The minimum Gasteiger partial charge on any atom is -0.493 e. The Morgan fingerprint density at radius 2 is 1.57 bits per heavy atom. The van der Waals surface area contributed by atoms with Crippen LogP contribution in [0.15, 0.2) is 18.2 Å². The molecule has 1 rings (SSSR count). The number of rotatable bonds is 7. The van der Waals surface area contributed by atoms with E-state index in [1.165, 1.54) is 34.5 Å². The van der Waals surface area contributed by atoms with Gasteiger partial charge in [0.15, 0.2) is 17.3 Å². The average molecular weight is 294 g/mol. The second-order valence-electron chi connectivity index (χ2n) is 4.01. The lowest BCUT2D eigenvalue weighted by atomic mass is 10.1. The highest BCUT2D eigenvalue weighted by atomic mass is 16.5. The molecule has 0 saturated carbocycles. The maximum Gasteiger partial charge on any atom is 0.313 e. The van der Waals surface area contributed by atoms with E-state index in [1.807, 2.05) is 0 Å². The fourth-order valence-corrected chi connectivity index (χ4v) is 1.66. The van der Waals surface area contributed by atoms with Crippen LogP contribution in [-0.2, 0) is 14.3 Å². The molecule has 0 N–H and O–H groups in total. The predicted molar refractivity (Wildman–Crippen MR) is 76.8 cm³/mol. The Labute approximate surface area is 123 Å². The lowest BCUT2D eigenvalue weighted by Crippen LogP contribution is -2.06. The number of ether oxygens (including phenoxy) is 4. The summed E-state index contributed by atoms with van der Waals surface area (Å²) >= 11 is 0. The van der Waals surface area contributed by atoms with Gasteiger partial charge in [-0.25, -0.2) is 0 Å². The molecule has 0 aromatic heterocycles. The molecule has 21 heavy (non-hydrogen) atoms. The van der Waals surface area contributed by atoms with Crippen molar-refractivity contribution in [3.63, 3.8) is 0 Å². The Kier molecular flexibility index (Phi) is 6.26. The summed E-state index contributed by atoms with van der Waals surface area (Å²) in [6, 6.07) is 3.40. The number of esters is 1. The molecule has 1 aromatic carbocycles.